The van der Waals surface area contributed by atoms with Crippen molar-refractivity contribution in [3.8, 4) is 0 Å². The Hall–Kier alpha value is -3.69. The van der Waals surface area contributed by atoms with Crippen molar-refractivity contribution in [2.24, 2.45) is 5.92 Å². The van der Waals surface area contributed by atoms with E-state index in [1.807, 2.05) is 30.3 Å². The number of morpholine rings is 1. The average Bonchev–Trinajstić information content (AvgIpc) is 3.32. The van der Waals surface area contributed by atoms with Crippen LogP contribution >= 0.6 is 0 Å². The van der Waals surface area contributed by atoms with Gasteiger partial charge in [0, 0.05) is 38.3 Å². The van der Waals surface area contributed by atoms with E-state index in [2.05, 4.69) is 20.4 Å². The fraction of sp³-hybridized carbons (Fsp3) is 0.357. The molecule has 2 aliphatic heterocycles. The molecule has 37 heavy (non-hydrogen) atoms. The van der Waals surface area contributed by atoms with Gasteiger partial charge in [-0.3, -0.25) is 14.5 Å². The molecule has 3 aromatic rings. The lowest BCUT2D eigenvalue weighted by atomic mass is 10.1. The third-order valence-electron chi connectivity index (χ3n) is 6.81. The number of amides is 2. The lowest BCUT2D eigenvalue weighted by molar-refractivity contribution is -0.122. The highest BCUT2D eigenvalue weighted by atomic mass is 19.1. The van der Waals surface area contributed by atoms with Crippen LogP contribution in [-0.4, -0.2) is 59.8 Å². The molecule has 3 heterocycles. The van der Waals surface area contributed by atoms with Crippen molar-refractivity contribution in [3.05, 3.63) is 83.3 Å². The van der Waals surface area contributed by atoms with Crippen LogP contribution in [0.4, 0.5) is 15.9 Å². The molecule has 0 bridgehead atoms. The summed E-state index contributed by atoms with van der Waals surface area (Å²) in [6.45, 7) is 4.55. The Morgan fingerprint density at radius 3 is 2.38 bits per heavy atom. The van der Waals surface area contributed by atoms with Gasteiger partial charge in [-0.15, -0.1) is 5.10 Å². The Bertz CT molecular complexity index is 1210. The van der Waals surface area contributed by atoms with Crippen LogP contribution in [0.15, 0.2) is 60.7 Å². The molecule has 0 radical (unpaired) electrons. The van der Waals surface area contributed by atoms with Crippen molar-refractivity contribution in [1.29, 1.82) is 0 Å². The summed E-state index contributed by atoms with van der Waals surface area (Å²) in [7, 11) is 0. The third kappa shape index (κ3) is 6.55. The molecular formula is C28H30FN5O3. The largest absolute Gasteiger partial charge is 0.379 e. The molecule has 1 N–H and O–H groups in total. The highest BCUT2D eigenvalue weighted by Gasteiger charge is 2.35. The van der Waals surface area contributed by atoms with Crippen LogP contribution < -0.4 is 10.2 Å². The van der Waals surface area contributed by atoms with Crippen LogP contribution in [0.5, 0.6) is 0 Å². The average molecular weight is 504 g/mol. The molecule has 5 rings (SSSR count). The maximum absolute atomic E-state index is 13.0. The SMILES string of the molecule is O=C(Nc1ccc(CCc2ccc(F)cc2)nn1)[C@H]1CC(=O)N(c2ccc(CN3CCOCC3)cc2)C1. The van der Waals surface area contributed by atoms with Crippen molar-refractivity contribution >= 4 is 23.3 Å². The summed E-state index contributed by atoms with van der Waals surface area (Å²) in [4.78, 5) is 29.5. The van der Waals surface area contributed by atoms with E-state index in [0.29, 0.717) is 18.8 Å². The van der Waals surface area contributed by atoms with Crippen LogP contribution in [0.25, 0.3) is 0 Å². The molecule has 192 valence electrons. The molecule has 2 saturated heterocycles. The minimum atomic E-state index is -0.458. The normalized spacial score (nSPS) is 18.2. The fourth-order valence-electron chi connectivity index (χ4n) is 4.64. The fourth-order valence-corrected chi connectivity index (χ4v) is 4.64. The maximum Gasteiger partial charge on any atom is 0.231 e. The number of carbonyl (C=O) groups excluding carboxylic acids is 2. The van der Waals surface area contributed by atoms with Gasteiger partial charge in [0.25, 0.3) is 0 Å². The van der Waals surface area contributed by atoms with Gasteiger partial charge in [0.05, 0.1) is 24.8 Å². The van der Waals surface area contributed by atoms with Gasteiger partial charge in [0.15, 0.2) is 5.82 Å². The van der Waals surface area contributed by atoms with E-state index < -0.39 is 5.92 Å². The molecule has 2 aliphatic rings. The number of hydrogen-bond donors (Lipinski definition) is 1. The quantitative estimate of drug-likeness (QED) is 0.508. The molecular weight excluding hydrogens is 473 g/mol. The maximum atomic E-state index is 13.0. The minimum Gasteiger partial charge on any atom is -0.379 e. The predicted molar refractivity (Wildman–Crippen MR) is 137 cm³/mol. The Morgan fingerprint density at radius 2 is 1.68 bits per heavy atom. The number of benzene rings is 2. The summed E-state index contributed by atoms with van der Waals surface area (Å²) < 4.78 is 18.4. The smallest absolute Gasteiger partial charge is 0.231 e. The molecule has 2 aromatic carbocycles. The van der Waals surface area contributed by atoms with E-state index in [9.17, 15) is 14.0 Å². The second-order valence-electron chi connectivity index (χ2n) is 9.49. The van der Waals surface area contributed by atoms with Crippen LogP contribution in [0, 0.1) is 11.7 Å². The molecule has 8 nitrogen and oxygen atoms in total. The van der Waals surface area contributed by atoms with Gasteiger partial charge in [-0.2, -0.15) is 5.10 Å². The van der Waals surface area contributed by atoms with Gasteiger partial charge in [-0.05, 0) is 60.4 Å². The first-order chi connectivity index (χ1) is 18.0. The van der Waals surface area contributed by atoms with Crippen molar-refractivity contribution < 1.29 is 18.7 Å². The predicted octanol–water partition coefficient (Wildman–Crippen LogP) is 3.22. The molecule has 0 aliphatic carbocycles. The number of aryl methyl sites for hydroxylation is 2. The second kappa shape index (κ2) is 11.6. The highest BCUT2D eigenvalue weighted by molar-refractivity contribution is 6.03. The summed E-state index contributed by atoms with van der Waals surface area (Å²) in [6.07, 6.45) is 1.53. The highest BCUT2D eigenvalue weighted by Crippen LogP contribution is 2.26. The first kappa shape index (κ1) is 25.0. The summed E-state index contributed by atoms with van der Waals surface area (Å²) in [5.41, 5.74) is 3.78. The number of rotatable bonds is 8. The first-order valence-electron chi connectivity index (χ1n) is 12.6. The first-order valence-corrected chi connectivity index (χ1v) is 12.6. The van der Waals surface area contributed by atoms with E-state index in [1.165, 1.54) is 17.7 Å². The molecule has 1 atom stereocenters. The standard InChI is InChI=1S/C28H30FN5O3/c29-23-6-1-20(2-7-23)3-8-24-9-12-26(32-31-24)30-28(36)22-17-27(35)34(19-22)25-10-4-21(5-11-25)18-33-13-15-37-16-14-33/h1-2,4-7,9-12,22H,3,8,13-19H2,(H,30,32,36)/t22-/m0/s1. The molecule has 2 fully saturated rings. The van der Waals surface area contributed by atoms with Crippen LogP contribution in [0.2, 0.25) is 0 Å². The Kier molecular flexibility index (Phi) is 7.82. The van der Waals surface area contributed by atoms with E-state index in [-0.39, 0.29) is 24.1 Å². The van der Waals surface area contributed by atoms with Gasteiger partial charge in [-0.1, -0.05) is 24.3 Å². The molecule has 0 saturated carbocycles. The number of hydrogen-bond acceptors (Lipinski definition) is 6. The van der Waals surface area contributed by atoms with Crippen LogP contribution in [0.3, 0.4) is 0 Å². The van der Waals surface area contributed by atoms with Gasteiger partial charge in [0.1, 0.15) is 5.82 Å². The Labute approximate surface area is 215 Å². The Balaban J connectivity index is 1.12. The minimum absolute atomic E-state index is 0.0664. The number of ether oxygens (including phenoxy) is 1. The monoisotopic (exact) mass is 503 g/mol. The van der Waals surface area contributed by atoms with Crippen molar-refractivity contribution in [2.45, 2.75) is 25.8 Å². The van der Waals surface area contributed by atoms with Crippen LogP contribution in [-0.2, 0) is 33.7 Å². The lowest BCUT2D eigenvalue weighted by Gasteiger charge is -2.26. The number of carbonyl (C=O) groups is 2. The zero-order chi connectivity index (χ0) is 25.6. The van der Waals surface area contributed by atoms with E-state index in [1.54, 1.807) is 23.1 Å². The van der Waals surface area contributed by atoms with Gasteiger partial charge < -0.3 is 15.0 Å². The van der Waals surface area contributed by atoms with Crippen molar-refractivity contribution in [3.63, 3.8) is 0 Å². The van der Waals surface area contributed by atoms with E-state index in [4.69, 9.17) is 4.74 Å². The van der Waals surface area contributed by atoms with E-state index >= 15 is 0 Å². The van der Waals surface area contributed by atoms with Crippen molar-refractivity contribution in [1.82, 2.24) is 15.1 Å². The van der Waals surface area contributed by atoms with Gasteiger partial charge in [0.2, 0.25) is 11.8 Å². The summed E-state index contributed by atoms with van der Waals surface area (Å²) in [6, 6.07) is 17.9. The van der Waals surface area contributed by atoms with Crippen LogP contribution in [0.1, 0.15) is 23.2 Å². The summed E-state index contributed by atoms with van der Waals surface area (Å²) in [5, 5.41) is 11.1. The second-order valence-corrected chi connectivity index (χ2v) is 9.49. The van der Waals surface area contributed by atoms with E-state index in [0.717, 1.165) is 56.2 Å². The number of nitrogens with one attached hydrogen (secondary N) is 1. The van der Waals surface area contributed by atoms with Crippen molar-refractivity contribution in [2.75, 3.05) is 43.1 Å². The number of nitrogens with zero attached hydrogens (tertiary/aromatic N) is 4. The number of aromatic nitrogens is 2. The molecule has 2 amide bonds. The van der Waals surface area contributed by atoms with Gasteiger partial charge in [-0.25, -0.2) is 4.39 Å². The molecule has 0 unspecified atom stereocenters. The summed E-state index contributed by atoms with van der Waals surface area (Å²) in [5.74, 6) is -0.668. The summed E-state index contributed by atoms with van der Waals surface area (Å²) >= 11 is 0. The molecule has 9 heteroatoms. The lowest BCUT2D eigenvalue weighted by Crippen LogP contribution is -2.35. The third-order valence-corrected chi connectivity index (χ3v) is 6.81. The topological polar surface area (TPSA) is 87.7 Å². The number of anilines is 2. The Morgan fingerprint density at radius 1 is 0.946 bits per heavy atom. The molecule has 1 aromatic heterocycles. The zero-order valence-corrected chi connectivity index (χ0v) is 20.6. The molecule has 0 spiro atoms. The number of halogens is 1. The zero-order valence-electron chi connectivity index (χ0n) is 20.6. The van der Waals surface area contributed by atoms with Gasteiger partial charge >= 0.3 is 0 Å².